The van der Waals surface area contributed by atoms with Crippen LogP contribution in [-0.2, 0) is 9.53 Å². The fourth-order valence-electron chi connectivity index (χ4n) is 1.88. The normalized spacial score (nSPS) is 12.9. The van der Waals surface area contributed by atoms with Crippen LogP contribution in [0.15, 0.2) is 41.6 Å². The largest absolute Gasteiger partial charge is 0.508 e. The van der Waals surface area contributed by atoms with Crippen molar-refractivity contribution in [1.29, 1.82) is 0 Å². The number of aliphatic hydroxyl groups is 2. The van der Waals surface area contributed by atoms with Gasteiger partial charge in [0.05, 0.1) is 12.7 Å². The first kappa shape index (κ1) is 18.0. The van der Waals surface area contributed by atoms with E-state index in [0.29, 0.717) is 17.6 Å². The Balaban J connectivity index is 2.57. The van der Waals surface area contributed by atoms with E-state index < -0.39 is 18.2 Å². The summed E-state index contributed by atoms with van der Waals surface area (Å²) in [6.45, 7) is 3.64. The van der Waals surface area contributed by atoms with Crippen LogP contribution < -0.4 is 0 Å². The van der Waals surface area contributed by atoms with Gasteiger partial charge in [0.2, 0.25) is 0 Å². The van der Waals surface area contributed by atoms with Gasteiger partial charge in [-0.05, 0) is 43.2 Å². The molecular weight excluding hydrogens is 284 g/mol. The van der Waals surface area contributed by atoms with Crippen LogP contribution in [0.25, 0.3) is 0 Å². The van der Waals surface area contributed by atoms with E-state index in [-0.39, 0.29) is 18.8 Å². The fourth-order valence-corrected chi connectivity index (χ4v) is 1.88. The molecular formula is C17H22O5. The fraction of sp³-hybridized carbons (Fsp3) is 0.412. The molecule has 0 aliphatic heterocycles. The molecule has 0 unspecified atom stereocenters. The summed E-state index contributed by atoms with van der Waals surface area (Å²) < 4.78 is 4.71. The van der Waals surface area contributed by atoms with E-state index in [2.05, 4.69) is 5.73 Å². The molecule has 0 aliphatic rings. The first-order valence-electron chi connectivity index (χ1n) is 7.16. The number of aliphatic hydroxyl groups excluding tert-OH is 2. The number of esters is 1. The van der Waals surface area contributed by atoms with Gasteiger partial charge < -0.3 is 20.1 Å². The molecule has 0 saturated heterocycles. The van der Waals surface area contributed by atoms with Gasteiger partial charge in [0, 0.05) is 12.8 Å². The molecule has 120 valence electrons. The predicted octanol–water partition coefficient (Wildman–Crippen LogP) is 2.23. The van der Waals surface area contributed by atoms with Crippen LogP contribution in [0.4, 0.5) is 0 Å². The van der Waals surface area contributed by atoms with Crippen molar-refractivity contribution in [3.63, 3.8) is 0 Å². The molecule has 0 fully saturated rings. The van der Waals surface area contributed by atoms with Crippen molar-refractivity contribution in [1.82, 2.24) is 0 Å². The Hall–Kier alpha value is -2.07. The number of phenols is 1. The third-order valence-electron chi connectivity index (χ3n) is 3.00. The Morgan fingerprint density at radius 1 is 1.41 bits per heavy atom. The molecule has 22 heavy (non-hydrogen) atoms. The van der Waals surface area contributed by atoms with Crippen LogP contribution in [-0.4, -0.2) is 34.0 Å². The lowest BCUT2D eigenvalue weighted by Gasteiger charge is -2.09. The zero-order chi connectivity index (χ0) is 16.5. The molecule has 2 atom stereocenters. The summed E-state index contributed by atoms with van der Waals surface area (Å²) in [5.74, 6) is -0.548. The Bertz CT molecular complexity index is 558. The summed E-state index contributed by atoms with van der Waals surface area (Å²) in [6, 6.07) is 6.42. The number of aromatic hydroxyl groups is 1. The molecule has 1 aromatic carbocycles. The van der Waals surface area contributed by atoms with Gasteiger partial charge in [-0.15, -0.1) is 5.73 Å². The second kappa shape index (κ2) is 9.05. The third kappa shape index (κ3) is 6.14. The SMILES string of the molecule is CCOC(=O)[C@H](O)CC(C)=C=CC[C@@H](O)c1cccc(O)c1. The van der Waals surface area contributed by atoms with Gasteiger partial charge in [0.25, 0.3) is 0 Å². The van der Waals surface area contributed by atoms with E-state index in [1.807, 2.05) is 0 Å². The van der Waals surface area contributed by atoms with Crippen LogP contribution in [0, 0.1) is 0 Å². The third-order valence-corrected chi connectivity index (χ3v) is 3.00. The van der Waals surface area contributed by atoms with Gasteiger partial charge >= 0.3 is 5.97 Å². The second-order valence-electron chi connectivity index (χ2n) is 4.95. The van der Waals surface area contributed by atoms with Crippen molar-refractivity contribution in [2.24, 2.45) is 0 Å². The topological polar surface area (TPSA) is 87.0 Å². The van der Waals surface area contributed by atoms with E-state index in [9.17, 15) is 20.1 Å². The summed E-state index contributed by atoms with van der Waals surface area (Å²) in [5, 5.41) is 29.0. The average molecular weight is 306 g/mol. The van der Waals surface area contributed by atoms with Crippen molar-refractivity contribution in [2.45, 2.75) is 38.9 Å². The molecule has 3 N–H and O–H groups in total. The number of hydrogen-bond donors (Lipinski definition) is 3. The monoisotopic (exact) mass is 306 g/mol. The molecule has 0 saturated carbocycles. The van der Waals surface area contributed by atoms with E-state index in [4.69, 9.17) is 4.74 Å². The van der Waals surface area contributed by atoms with Gasteiger partial charge in [0.1, 0.15) is 5.75 Å². The van der Waals surface area contributed by atoms with Crippen molar-refractivity contribution in [2.75, 3.05) is 6.61 Å². The smallest absolute Gasteiger partial charge is 0.335 e. The molecule has 5 heteroatoms. The first-order valence-corrected chi connectivity index (χ1v) is 7.16. The standard InChI is InChI=1S/C17H22O5/c1-3-22-17(21)16(20)10-12(2)6-4-9-15(19)13-7-5-8-14(18)11-13/h4-5,7-8,11,15-16,18-20H,3,9-10H2,1-2H3/t6?,15-,16-/m1/s1. The number of carbonyl (C=O) groups excluding carboxylic acids is 1. The molecule has 1 aromatic rings. The Morgan fingerprint density at radius 2 is 2.14 bits per heavy atom. The number of phenolic OH excluding ortho intramolecular Hbond substituents is 1. The molecule has 0 amide bonds. The molecule has 0 spiro atoms. The van der Waals surface area contributed by atoms with Gasteiger partial charge in [-0.25, -0.2) is 4.79 Å². The first-order chi connectivity index (χ1) is 10.4. The van der Waals surface area contributed by atoms with Crippen LogP contribution in [0.2, 0.25) is 0 Å². The number of hydrogen-bond acceptors (Lipinski definition) is 5. The summed E-state index contributed by atoms with van der Waals surface area (Å²) in [6.07, 6.45) is 0.148. The number of ether oxygens (including phenoxy) is 1. The Kier molecular flexibility index (Phi) is 7.40. The lowest BCUT2D eigenvalue weighted by molar-refractivity contribution is -0.152. The second-order valence-corrected chi connectivity index (χ2v) is 4.95. The minimum Gasteiger partial charge on any atom is -0.508 e. The summed E-state index contributed by atoms with van der Waals surface area (Å²) in [4.78, 5) is 11.3. The number of rotatable bonds is 7. The minimum absolute atomic E-state index is 0.102. The Morgan fingerprint density at radius 3 is 2.77 bits per heavy atom. The van der Waals surface area contributed by atoms with Crippen LogP contribution >= 0.6 is 0 Å². The number of carbonyl (C=O) groups is 1. The van der Waals surface area contributed by atoms with Crippen molar-refractivity contribution >= 4 is 5.97 Å². The molecule has 0 bridgehead atoms. The zero-order valence-corrected chi connectivity index (χ0v) is 12.8. The van der Waals surface area contributed by atoms with E-state index >= 15 is 0 Å². The molecule has 0 aliphatic carbocycles. The van der Waals surface area contributed by atoms with Gasteiger partial charge in [-0.1, -0.05) is 12.1 Å². The maximum Gasteiger partial charge on any atom is 0.335 e. The summed E-state index contributed by atoms with van der Waals surface area (Å²) >= 11 is 0. The highest BCUT2D eigenvalue weighted by atomic mass is 16.5. The molecule has 0 aromatic heterocycles. The van der Waals surface area contributed by atoms with Gasteiger partial charge in [-0.2, -0.15) is 0 Å². The quantitative estimate of drug-likeness (QED) is 0.531. The van der Waals surface area contributed by atoms with E-state index in [1.165, 1.54) is 12.1 Å². The van der Waals surface area contributed by atoms with Crippen LogP contribution in [0.1, 0.15) is 38.4 Å². The lowest BCUT2D eigenvalue weighted by atomic mass is 10.1. The van der Waals surface area contributed by atoms with E-state index in [1.54, 1.807) is 32.1 Å². The molecule has 5 nitrogen and oxygen atoms in total. The zero-order valence-electron chi connectivity index (χ0n) is 12.8. The maximum atomic E-state index is 11.3. The molecule has 0 radical (unpaired) electrons. The number of benzene rings is 1. The summed E-state index contributed by atoms with van der Waals surface area (Å²) in [5.41, 5.74) is 4.22. The van der Waals surface area contributed by atoms with Crippen LogP contribution in [0.3, 0.4) is 0 Å². The highest BCUT2D eigenvalue weighted by molar-refractivity contribution is 5.74. The lowest BCUT2D eigenvalue weighted by Crippen LogP contribution is -2.23. The van der Waals surface area contributed by atoms with Crippen molar-refractivity contribution in [3.05, 3.63) is 47.2 Å². The van der Waals surface area contributed by atoms with Crippen molar-refractivity contribution < 1.29 is 24.9 Å². The average Bonchev–Trinajstić information content (AvgIpc) is 2.47. The predicted molar refractivity (Wildman–Crippen MR) is 82.2 cm³/mol. The van der Waals surface area contributed by atoms with E-state index in [0.717, 1.165) is 0 Å². The Labute approximate surface area is 130 Å². The molecule has 1 rings (SSSR count). The highest BCUT2D eigenvalue weighted by Crippen LogP contribution is 2.20. The van der Waals surface area contributed by atoms with Crippen molar-refractivity contribution in [3.8, 4) is 5.75 Å². The maximum absolute atomic E-state index is 11.3. The molecule has 0 heterocycles. The summed E-state index contributed by atoms with van der Waals surface area (Å²) in [7, 11) is 0. The van der Waals surface area contributed by atoms with Crippen LogP contribution in [0.5, 0.6) is 5.75 Å². The minimum atomic E-state index is -1.20. The van der Waals surface area contributed by atoms with Gasteiger partial charge in [-0.3, -0.25) is 0 Å². The highest BCUT2D eigenvalue weighted by Gasteiger charge is 2.16. The van der Waals surface area contributed by atoms with Gasteiger partial charge in [0.15, 0.2) is 6.10 Å².